The van der Waals surface area contributed by atoms with Gasteiger partial charge >= 0.3 is 5.97 Å². The minimum Gasteiger partial charge on any atom is -0.481 e. The first-order chi connectivity index (χ1) is 8.57. The maximum Gasteiger partial charge on any atom is 0.308 e. The molecule has 19 heavy (non-hydrogen) atoms. The number of hydrogen-bond donors (Lipinski definition) is 2. The van der Waals surface area contributed by atoms with Crippen LogP contribution in [-0.2, 0) is 11.5 Å². The van der Waals surface area contributed by atoms with Crippen molar-refractivity contribution >= 4 is 53.8 Å². The lowest BCUT2D eigenvalue weighted by atomic mass is 9.98. The Hall–Kier alpha value is -0.360. The van der Waals surface area contributed by atoms with E-state index in [0.717, 1.165) is 0 Å². The molecule has 1 aromatic rings. The third-order valence-corrected chi connectivity index (χ3v) is 4.93. The van der Waals surface area contributed by atoms with Gasteiger partial charge < -0.3 is 14.8 Å². The summed E-state index contributed by atoms with van der Waals surface area (Å²) in [4.78, 5) is 10.0. The van der Waals surface area contributed by atoms with Gasteiger partial charge in [-0.2, -0.15) is 5.26 Å². The summed E-state index contributed by atoms with van der Waals surface area (Å²) in [7, 11) is 0. The van der Waals surface area contributed by atoms with Crippen molar-refractivity contribution in [2.45, 2.75) is 27.5 Å². The molecule has 0 unspecified atom stereocenters. The highest BCUT2D eigenvalue weighted by molar-refractivity contribution is 9.13. The maximum atomic E-state index is 10.0. The van der Waals surface area contributed by atoms with Crippen LogP contribution in [0.3, 0.4) is 0 Å². The number of aliphatic carboxylic acids is 1. The standard InChI is InChI=1S/C6H3Br3N2O.C5H10O2/c7-4-3(1-10)5(8)11(2-12)6(4)9;1-5(2,3)4(6)7/h12H,2H2;1-3H3,(H,6,7). The van der Waals surface area contributed by atoms with Gasteiger partial charge in [-0.1, -0.05) is 0 Å². The predicted molar refractivity (Wildman–Crippen MR) is 81.6 cm³/mol. The SMILES string of the molecule is CC(C)(C)C(=O)O.N#Cc1c(Br)c(Br)n(CO)c1Br. The number of rotatable bonds is 1. The van der Waals surface area contributed by atoms with Crippen LogP contribution < -0.4 is 0 Å². The van der Waals surface area contributed by atoms with Gasteiger partial charge in [0.1, 0.15) is 22.0 Å². The van der Waals surface area contributed by atoms with Gasteiger partial charge in [0.25, 0.3) is 0 Å². The van der Waals surface area contributed by atoms with Gasteiger partial charge in [-0.05, 0) is 68.6 Å². The number of carboxylic acids is 1. The molecule has 1 aromatic heterocycles. The molecule has 0 aromatic carbocycles. The minimum absolute atomic E-state index is 0.179. The number of nitriles is 1. The van der Waals surface area contributed by atoms with E-state index >= 15 is 0 Å². The third-order valence-electron chi connectivity index (χ3n) is 1.98. The highest BCUT2D eigenvalue weighted by Crippen LogP contribution is 2.34. The summed E-state index contributed by atoms with van der Waals surface area (Å²) in [5.41, 5.74) is -0.115. The van der Waals surface area contributed by atoms with Crippen molar-refractivity contribution in [1.29, 1.82) is 5.26 Å². The zero-order valence-electron chi connectivity index (χ0n) is 10.5. The summed E-state index contributed by atoms with van der Waals surface area (Å²) in [6.45, 7) is 4.81. The first-order valence-electron chi connectivity index (χ1n) is 5.05. The zero-order valence-corrected chi connectivity index (χ0v) is 15.3. The molecule has 0 amide bonds. The zero-order chi connectivity index (χ0) is 15.4. The molecule has 0 aliphatic carbocycles. The molecule has 1 heterocycles. The van der Waals surface area contributed by atoms with Gasteiger partial charge in [0.15, 0.2) is 0 Å². The molecule has 1 rings (SSSR count). The van der Waals surface area contributed by atoms with Gasteiger partial charge in [-0.15, -0.1) is 0 Å². The van der Waals surface area contributed by atoms with E-state index in [1.807, 2.05) is 6.07 Å². The first kappa shape index (κ1) is 18.6. The van der Waals surface area contributed by atoms with E-state index in [2.05, 4.69) is 47.8 Å². The van der Waals surface area contributed by atoms with Crippen LogP contribution in [0.5, 0.6) is 0 Å². The number of aliphatic hydroxyl groups is 1. The third kappa shape index (κ3) is 4.91. The number of carbonyl (C=O) groups is 1. The van der Waals surface area contributed by atoms with Gasteiger partial charge in [-0.3, -0.25) is 4.79 Å². The van der Waals surface area contributed by atoms with Gasteiger partial charge in [0.2, 0.25) is 0 Å². The summed E-state index contributed by atoms with van der Waals surface area (Å²) in [5.74, 6) is -0.757. The Balaban J connectivity index is 0.000000399. The van der Waals surface area contributed by atoms with Crippen molar-refractivity contribution in [1.82, 2.24) is 4.57 Å². The van der Waals surface area contributed by atoms with Gasteiger partial charge in [0, 0.05) is 0 Å². The first-order valence-corrected chi connectivity index (χ1v) is 7.43. The minimum atomic E-state index is -0.757. The highest BCUT2D eigenvalue weighted by Gasteiger charge is 2.18. The number of halogens is 3. The molecule has 0 saturated carbocycles. The van der Waals surface area contributed by atoms with E-state index in [4.69, 9.17) is 15.5 Å². The molecule has 0 aliphatic heterocycles. The lowest BCUT2D eigenvalue weighted by molar-refractivity contribution is -0.145. The summed E-state index contributed by atoms with van der Waals surface area (Å²) < 4.78 is 3.37. The molecule has 0 fully saturated rings. The summed E-state index contributed by atoms with van der Waals surface area (Å²) in [6.07, 6.45) is 0. The lowest BCUT2D eigenvalue weighted by Gasteiger charge is -2.08. The topological polar surface area (TPSA) is 86.2 Å². The van der Waals surface area contributed by atoms with Crippen molar-refractivity contribution in [2.75, 3.05) is 0 Å². The summed E-state index contributed by atoms with van der Waals surface area (Å²) in [6, 6.07) is 2.00. The Labute approximate surface area is 136 Å². The molecule has 2 N–H and O–H groups in total. The highest BCUT2D eigenvalue weighted by atomic mass is 79.9. The predicted octanol–water partition coefficient (Wildman–Crippen LogP) is 3.71. The molecule has 0 bridgehead atoms. The van der Waals surface area contributed by atoms with Gasteiger partial charge in [-0.25, -0.2) is 0 Å². The van der Waals surface area contributed by atoms with E-state index in [-0.39, 0.29) is 6.73 Å². The number of aromatic nitrogens is 1. The molecule has 0 radical (unpaired) electrons. The van der Waals surface area contributed by atoms with Crippen LogP contribution >= 0.6 is 47.8 Å². The molecular weight excluding hydrogens is 448 g/mol. The Morgan fingerprint density at radius 2 is 1.74 bits per heavy atom. The lowest BCUT2D eigenvalue weighted by Crippen LogP contribution is -2.18. The Morgan fingerprint density at radius 3 is 1.89 bits per heavy atom. The molecule has 0 atom stereocenters. The second-order valence-electron chi connectivity index (χ2n) is 4.51. The Morgan fingerprint density at radius 1 is 1.32 bits per heavy atom. The van der Waals surface area contributed by atoms with Crippen LogP contribution in [-0.4, -0.2) is 20.7 Å². The van der Waals surface area contributed by atoms with Crippen LogP contribution in [0.15, 0.2) is 13.7 Å². The van der Waals surface area contributed by atoms with Crippen LogP contribution in [0.25, 0.3) is 0 Å². The molecule has 8 heteroatoms. The number of nitrogens with zero attached hydrogens (tertiary/aromatic N) is 2. The quantitative estimate of drug-likeness (QED) is 0.668. The Bertz CT molecular complexity index is 513. The summed E-state index contributed by atoms with van der Waals surface area (Å²) in [5, 5.41) is 25.9. The average molecular weight is 461 g/mol. The number of hydrogen-bond acceptors (Lipinski definition) is 3. The van der Waals surface area contributed by atoms with Crippen molar-refractivity contribution in [2.24, 2.45) is 5.41 Å². The monoisotopic (exact) mass is 458 g/mol. The fourth-order valence-corrected chi connectivity index (χ4v) is 2.81. The molecule has 106 valence electrons. The normalized spacial score (nSPS) is 10.4. The fraction of sp³-hybridized carbons (Fsp3) is 0.455. The van der Waals surface area contributed by atoms with Gasteiger partial charge in [0.05, 0.1) is 15.5 Å². The largest absolute Gasteiger partial charge is 0.481 e. The average Bonchev–Trinajstić information content (AvgIpc) is 2.49. The number of aliphatic hydroxyl groups excluding tert-OH is 1. The van der Waals surface area contributed by atoms with E-state index in [1.54, 1.807) is 20.8 Å². The number of carboxylic acid groups (broad SMARTS) is 1. The van der Waals surface area contributed by atoms with Crippen LogP contribution in [0, 0.1) is 16.7 Å². The van der Waals surface area contributed by atoms with Crippen LogP contribution in [0.2, 0.25) is 0 Å². The van der Waals surface area contributed by atoms with E-state index < -0.39 is 11.4 Å². The molecule has 0 saturated heterocycles. The second kappa shape index (κ2) is 7.43. The van der Waals surface area contributed by atoms with E-state index in [9.17, 15) is 4.79 Å². The van der Waals surface area contributed by atoms with E-state index in [0.29, 0.717) is 19.2 Å². The smallest absolute Gasteiger partial charge is 0.308 e. The van der Waals surface area contributed by atoms with Crippen molar-refractivity contribution in [3.8, 4) is 6.07 Å². The molecule has 0 aliphatic rings. The van der Waals surface area contributed by atoms with Crippen molar-refractivity contribution in [3.63, 3.8) is 0 Å². The second-order valence-corrected chi connectivity index (χ2v) is 6.80. The molecule has 0 spiro atoms. The molecule has 5 nitrogen and oxygen atoms in total. The maximum absolute atomic E-state index is 10.0. The van der Waals surface area contributed by atoms with Crippen molar-refractivity contribution in [3.05, 3.63) is 19.2 Å². The fourth-order valence-electron chi connectivity index (χ4n) is 0.753. The van der Waals surface area contributed by atoms with Crippen molar-refractivity contribution < 1.29 is 15.0 Å². The van der Waals surface area contributed by atoms with E-state index in [1.165, 1.54) is 4.57 Å². The summed E-state index contributed by atoms with van der Waals surface area (Å²) >= 11 is 9.64. The Kier molecular flexibility index (Phi) is 7.29. The van der Waals surface area contributed by atoms with Crippen LogP contribution in [0.4, 0.5) is 0 Å². The van der Waals surface area contributed by atoms with Crippen LogP contribution in [0.1, 0.15) is 26.3 Å². The molecular formula is C11H13Br3N2O3.